The Bertz CT molecular complexity index is 1650. The Morgan fingerprint density at radius 2 is 1.59 bits per heavy atom. The summed E-state index contributed by atoms with van der Waals surface area (Å²) in [4.78, 5) is 40.8. The number of nitrogens with zero attached hydrogens (tertiary/aromatic N) is 6. The number of hydrogen-bond donors (Lipinski definition) is 3. The Kier molecular flexibility index (Phi) is 13.7. The Hall–Kier alpha value is -4.78. The van der Waals surface area contributed by atoms with Gasteiger partial charge in [-0.1, -0.05) is 74.1 Å². The Morgan fingerprint density at radius 3 is 2.13 bits per heavy atom. The monoisotopic (exact) mass is 647 g/mol. The molecule has 0 saturated heterocycles. The van der Waals surface area contributed by atoms with E-state index < -0.39 is 11.9 Å². The number of aliphatic carboxylic acids is 2. The fourth-order valence-corrected chi connectivity index (χ4v) is 4.83. The molecule has 13 heteroatoms. The molecule has 3 N–H and O–H groups in total. The maximum atomic E-state index is 13.6. The minimum atomic E-state index is -0.870. The van der Waals surface area contributed by atoms with Crippen molar-refractivity contribution in [1.82, 2.24) is 35.1 Å². The SMILES string of the molecule is CCCCc1nc(C)c(CC(=S)N(C)C)c(=O)n1Cc1ccc(-c2ccccc2-c2nn[nH]n2)cc1.O=C(O)CCCCC(=O)O. The molecule has 0 saturated carbocycles. The second-order valence-electron chi connectivity index (χ2n) is 11.0. The fourth-order valence-electron chi connectivity index (χ4n) is 4.69. The van der Waals surface area contributed by atoms with Crippen LogP contribution in [0.1, 0.15) is 68.1 Å². The van der Waals surface area contributed by atoms with E-state index in [1.165, 1.54) is 0 Å². The first-order chi connectivity index (χ1) is 22.0. The fraction of sp³-hybridized carbons (Fsp3) is 0.394. The van der Waals surface area contributed by atoms with Crippen molar-refractivity contribution < 1.29 is 19.8 Å². The number of thiocarbonyl (C=S) groups is 1. The van der Waals surface area contributed by atoms with E-state index in [-0.39, 0.29) is 18.4 Å². The van der Waals surface area contributed by atoms with Crippen LogP contribution in [0.4, 0.5) is 0 Å². The number of nitrogens with one attached hydrogen (secondary N) is 1. The molecule has 0 amide bonds. The van der Waals surface area contributed by atoms with Gasteiger partial charge in [-0.15, -0.1) is 10.2 Å². The lowest BCUT2D eigenvalue weighted by Gasteiger charge is -2.18. The lowest BCUT2D eigenvalue weighted by Crippen LogP contribution is -2.33. The van der Waals surface area contributed by atoms with E-state index in [0.717, 1.165) is 58.0 Å². The number of H-pyrrole nitrogens is 1. The molecule has 0 spiro atoms. The van der Waals surface area contributed by atoms with Crippen LogP contribution in [0, 0.1) is 6.92 Å². The molecule has 0 atom stereocenters. The number of tetrazole rings is 1. The molecule has 244 valence electrons. The summed E-state index contributed by atoms with van der Waals surface area (Å²) in [5.41, 5.74) is 5.41. The summed E-state index contributed by atoms with van der Waals surface area (Å²) < 4.78 is 1.82. The van der Waals surface area contributed by atoms with Crippen LogP contribution in [0.3, 0.4) is 0 Å². The van der Waals surface area contributed by atoms with E-state index >= 15 is 0 Å². The lowest BCUT2D eigenvalue weighted by atomic mass is 9.98. The Morgan fingerprint density at radius 1 is 0.957 bits per heavy atom. The molecule has 2 aromatic heterocycles. The molecule has 0 bridgehead atoms. The highest BCUT2D eigenvalue weighted by atomic mass is 32.1. The number of hydrogen-bond acceptors (Lipinski definition) is 8. The lowest BCUT2D eigenvalue weighted by molar-refractivity contribution is -0.139. The van der Waals surface area contributed by atoms with Crippen LogP contribution in [0.2, 0.25) is 0 Å². The predicted molar refractivity (Wildman–Crippen MR) is 180 cm³/mol. The number of benzene rings is 2. The van der Waals surface area contributed by atoms with Crippen LogP contribution in [0.25, 0.3) is 22.5 Å². The van der Waals surface area contributed by atoms with Gasteiger partial charge in [0, 0.05) is 56.6 Å². The third kappa shape index (κ3) is 10.4. The van der Waals surface area contributed by atoms with Crippen molar-refractivity contribution in [3.8, 4) is 22.5 Å². The van der Waals surface area contributed by atoms with E-state index in [0.29, 0.717) is 37.2 Å². The third-order valence-corrected chi connectivity index (χ3v) is 7.79. The van der Waals surface area contributed by atoms with Crippen LogP contribution >= 0.6 is 12.2 Å². The van der Waals surface area contributed by atoms with Gasteiger partial charge >= 0.3 is 11.9 Å². The molecule has 2 aromatic carbocycles. The second-order valence-corrected chi connectivity index (χ2v) is 11.5. The van der Waals surface area contributed by atoms with Crippen LogP contribution in [0.5, 0.6) is 0 Å². The van der Waals surface area contributed by atoms with E-state index in [1.54, 1.807) is 0 Å². The zero-order chi connectivity index (χ0) is 33.6. The number of carbonyl (C=O) groups is 2. The average molecular weight is 648 g/mol. The summed E-state index contributed by atoms with van der Waals surface area (Å²) in [5, 5.41) is 30.7. The third-order valence-electron chi connectivity index (χ3n) is 7.28. The molecule has 0 unspecified atom stereocenters. The van der Waals surface area contributed by atoms with Gasteiger partial charge in [0.05, 0.1) is 11.5 Å². The molecule has 4 rings (SSSR count). The maximum Gasteiger partial charge on any atom is 0.303 e. The largest absolute Gasteiger partial charge is 0.481 e. The molecule has 0 aliphatic carbocycles. The number of likely N-dealkylation sites (N-methyl/N-ethyl adjacent to an activating group) is 1. The molecule has 46 heavy (non-hydrogen) atoms. The molecule has 0 aliphatic heterocycles. The van der Waals surface area contributed by atoms with Gasteiger partial charge in [0.1, 0.15) is 5.82 Å². The van der Waals surface area contributed by atoms with Gasteiger partial charge < -0.3 is 15.1 Å². The normalized spacial score (nSPS) is 10.6. The van der Waals surface area contributed by atoms with Crippen molar-refractivity contribution in [2.45, 2.75) is 71.8 Å². The van der Waals surface area contributed by atoms with Crippen molar-refractivity contribution in [2.24, 2.45) is 0 Å². The molecular weight excluding hydrogens is 606 g/mol. The maximum absolute atomic E-state index is 13.6. The van der Waals surface area contributed by atoms with Gasteiger partial charge in [-0.05, 0) is 48.1 Å². The van der Waals surface area contributed by atoms with Crippen LogP contribution < -0.4 is 5.56 Å². The molecule has 0 aliphatic rings. The highest BCUT2D eigenvalue weighted by molar-refractivity contribution is 7.80. The number of aromatic nitrogens is 6. The molecule has 4 aromatic rings. The average Bonchev–Trinajstić information content (AvgIpc) is 3.57. The summed E-state index contributed by atoms with van der Waals surface area (Å²) >= 11 is 5.49. The first-order valence-corrected chi connectivity index (χ1v) is 15.6. The molecule has 0 fully saturated rings. The second kappa shape index (κ2) is 17.6. The first kappa shape index (κ1) is 35.7. The predicted octanol–water partition coefficient (Wildman–Crippen LogP) is 4.94. The highest BCUT2D eigenvalue weighted by Gasteiger charge is 2.17. The number of rotatable bonds is 14. The smallest absolute Gasteiger partial charge is 0.303 e. The summed E-state index contributed by atoms with van der Waals surface area (Å²) in [6.07, 6.45) is 4.22. The van der Waals surface area contributed by atoms with E-state index in [2.05, 4.69) is 51.8 Å². The van der Waals surface area contributed by atoms with Gasteiger partial charge in [0.15, 0.2) is 0 Å². The van der Waals surface area contributed by atoms with E-state index in [1.807, 2.05) is 54.8 Å². The summed E-state index contributed by atoms with van der Waals surface area (Å²) in [5.74, 6) is -0.364. The summed E-state index contributed by atoms with van der Waals surface area (Å²) in [7, 11) is 3.80. The zero-order valence-corrected chi connectivity index (χ0v) is 27.5. The zero-order valence-electron chi connectivity index (χ0n) is 26.7. The number of carboxylic acid groups (broad SMARTS) is 2. The quantitative estimate of drug-likeness (QED) is 0.125. The minimum Gasteiger partial charge on any atom is -0.481 e. The first-order valence-electron chi connectivity index (χ1n) is 15.2. The highest BCUT2D eigenvalue weighted by Crippen LogP contribution is 2.29. The van der Waals surface area contributed by atoms with Gasteiger partial charge in [-0.25, -0.2) is 4.98 Å². The number of unbranched alkanes of at least 4 members (excludes halogenated alkanes) is 2. The van der Waals surface area contributed by atoms with Gasteiger partial charge in [0.25, 0.3) is 5.56 Å². The number of aromatic amines is 1. The summed E-state index contributed by atoms with van der Waals surface area (Å²) in [6.45, 7) is 4.51. The van der Waals surface area contributed by atoms with Crippen molar-refractivity contribution in [3.05, 3.63) is 81.5 Å². The van der Waals surface area contributed by atoms with Gasteiger partial charge in [0.2, 0.25) is 5.82 Å². The standard InChI is InChI=1S/C27H31N7OS.C6H10O4/c1-5-6-11-24-28-18(2)23(16-25(36)33(3)4)27(35)34(24)17-19-12-14-20(15-13-19)21-9-7-8-10-22(21)26-29-31-32-30-26;7-5(8)3-1-2-4-6(9)10/h7-10,12-15H,5-6,11,16-17H2,1-4H3,(H,29,30,31,32);1-4H2,(H,7,8)(H,9,10). The Balaban J connectivity index is 0.000000498. The van der Waals surface area contributed by atoms with Crippen LogP contribution in [-0.2, 0) is 29.0 Å². The van der Waals surface area contributed by atoms with Gasteiger partial charge in [-0.2, -0.15) is 5.21 Å². The topological polar surface area (TPSA) is 167 Å². The van der Waals surface area contributed by atoms with Crippen molar-refractivity contribution in [1.29, 1.82) is 0 Å². The van der Waals surface area contributed by atoms with Crippen molar-refractivity contribution in [2.75, 3.05) is 14.1 Å². The number of aryl methyl sites for hydroxylation is 2. The van der Waals surface area contributed by atoms with Crippen molar-refractivity contribution in [3.63, 3.8) is 0 Å². The van der Waals surface area contributed by atoms with Crippen LogP contribution in [-0.4, -0.2) is 76.3 Å². The summed E-state index contributed by atoms with van der Waals surface area (Å²) in [6, 6.07) is 16.2. The van der Waals surface area contributed by atoms with E-state index in [4.69, 9.17) is 27.4 Å². The minimum absolute atomic E-state index is 0.00988. The molecular formula is C33H41N7O5S. The molecule has 12 nitrogen and oxygen atoms in total. The molecule has 0 radical (unpaired) electrons. The van der Waals surface area contributed by atoms with Crippen LogP contribution in [0.15, 0.2) is 53.3 Å². The van der Waals surface area contributed by atoms with Gasteiger partial charge in [-0.3, -0.25) is 19.0 Å². The Labute approximate surface area is 273 Å². The molecule has 2 heterocycles. The number of carboxylic acids is 2. The van der Waals surface area contributed by atoms with Crippen molar-refractivity contribution >= 4 is 29.1 Å². The van der Waals surface area contributed by atoms with E-state index in [9.17, 15) is 14.4 Å².